The van der Waals surface area contributed by atoms with E-state index in [4.69, 9.17) is 9.47 Å². The Balaban J connectivity index is 2.13. The third-order valence-corrected chi connectivity index (χ3v) is 3.01. The quantitative estimate of drug-likeness (QED) is 0.656. The Morgan fingerprint density at radius 2 is 2.05 bits per heavy atom. The van der Waals surface area contributed by atoms with Crippen LogP contribution in [0.5, 0.6) is 5.75 Å². The van der Waals surface area contributed by atoms with Crippen LogP contribution < -0.4 is 10.1 Å². The average molecular weight is 304 g/mol. The molecule has 22 heavy (non-hydrogen) atoms. The molecule has 0 bridgehead atoms. The van der Waals surface area contributed by atoms with Crippen molar-refractivity contribution in [1.29, 1.82) is 0 Å². The molecule has 1 N–H and O–H groups in total. The van der Waals surface area contributed by atoms with E-state index in [2.05, 4.69) is 10.3 Å². The van der Waals surface area contributed by atoms with Crippen LogP contribution in [-0.2, 0) is 11.3 Å². The molecule has 0 saturated carbocycles. The molecule has 0 aliphatic heterocycles. The number of hydrogen-bond acceptors (Lipinski definition) is 5. The summed E-state index contributed by atoms with van der Waals surface area (Å²) in [5, 5.41) is 3.03. The molecule has 1 heterocycles. The van der Waals surface area contributed by atoms with Crippen LogP contribution in [0.4, 0.5) is 10.1 Å². The summed E-state index contributed by atoms with van der Waals surface area (Å²) >= 11 is 0. The van der Waals surface area contributed by atoms with Gasteiger partial charge in [-0.3, -0.25) is 0 Å². The minimum absolute atomic E-state index is 0.205. The highest BCUT2D eigenvalue weighted by Crippen LogP contribution is 2.18. The number of hydrogen-bond donors (Lipinski definition) is 1. The first kappa shape index (κ1) is 15.8. The van der Waals surface area contributed by atoms with Gasteiger partial charge in [-0.1, -0.05) is 12.1 Å². The Kier molecular flexibility index (Phi) is 5.30. The number of nitrogens with one attached hydrogen (secondary N) is 1. The molecule has 0 unspecified atom stereocenters. The number of rotatable bonds is 6. The van der Waals surface area contributed by atoms with Crippen molar-refractivity contribution in [1.82, 2.24) is 4.98 Å². The predicted molar refractivity (Wildman–Crippen MR) is 80.5 cm³/mol. The molecular weight excluding hydrogens is 287 g/mol. The van der Waals surface area contributed by atoms with Crippen LogP contribution in [0.25, 0.3) is 0 Å². The molecule has 2 rings (SSSR count). The zero-order valence-electron chi connectivity index (χ0n) is 12.4. The van der Waals surface area contributed by atoms with Crippen molar-refractivity contribution >= 4 is 11.7 Å². The Labute approximate surface area is 128 Å². The number of benzene rings is 1. The van der Waals surface area contributed by atoms with Gasteiger partial charge in [0.1, 0.15) is 11.3 Å². The third kappa shape index (κ3) is 3.94. The highest BCUT2D eigenvalue weighted by molar-refractivity contribution is 5.95. The van der Waals surface area contributed by atoms with Crippen molar-refractivity contribution in [3.05, 3.63) is 53.6 Å². The van der Waals surface area contributed by atoms with Gasteiger partial charge in [0, 0.05) is 18.8 Å². The van der Waals surface area contributed by atoms with Gasteiger partial charge >= 0.3 is 5.97 Å². The van der Waals surface area contributed by atoms with Gasteiger partial charge in [-0.2, -0.15) is 4.39 Å². The topological polar surface area (TPSA) is 60.5 Å². The fraction of sp³-hybridized carbons (Fsp3) is 0.250. The minimum atomic E-state index is -0.662. The molecule has 5 nitrogen and oxygen atoms in total. The maximum absolute atomic E-state index is 13.3. The van der Waals surface area contributed by atoms with Crippen LogP contribution in [0.2, 0.25) is 0 Å². The summed E-state index contributed by atoms with van der Waals surface area (Å²) in [6.45, 7) is 2.38. The normalized spacial score (nSPS) is 10.1. The van der Waals surface area contributed by atoms with Crippen LogP contribution >= 0.6 is 0 Å². The summed E-state index contributed by atoms with van der Waals surface area (Å²) in [6.07, 6.45) is 1.17. The van der Waals surface area contributed by atoms with Crippen molar-refractivity contribution in [2.75, 3.05) is 19.0 Å². The fourth-order valence-corrected chi connectivity index (χ4v) is 1.89. The van der Waals surface area contributed by atoms with E-state index in [0.717, 1.165) is 11.3 Å². The van der Waals surface area contributed by atoms with Gasteiger partial charge in [0.15, 0.2) is 0 Å². The van der Waals surface area contributed by atoms with Crippen molar-refractivity contribution in [2.24, 2.45) is 0 Å². The second-order valence-electron chi connectivity index (χ2n) is 4.47. The average Bonchev–Trinajstić information content (AvgIpc) is 2.53. The first-order valence-electron chi connectivity index (χ1n) is 6.83. The lowest BCUT2D eigenvalue weighted by molar-refractivity contribution is 0.0527. The number of pyridine rings is 1. The van der Waals surface area contributed by atoms with Crippen LogP contribution in [0.3, 0.4) is 0 Å². The van der Waals surface area contributed by atoms with Crippen LogP contribution in [0.15, 0.2) is 36.5 Å². The number of aromatic nitrogens is 1. The Morgan fingerprint density at radius 1 is 1.32 bits per heavy atom. The van der Waals surface area contributed by atoms with Gasteiger partial charge < -0.3 is 14.8 Å². The second kappa shape index (κ2) is 7.40. The van der Waals surface area contributed by atoms with Crippen molar-refractivity contribution in [3.63, 3.8) is 0 Å². The number of halogens is 1. The van der Waals surface area contributed by atoms with Gasteiger partial charge in [0.2, 0.25) is 5.95 Å². The van der Waals surface area contributed by atoms with Gasteiger partial charge in [0.05, 0.1) is 19.4 Å². The number of esters is 1. The molecule has 0 atom stereocenters. The van der Waals surface area contributed by atoms with Crippen LogP contribution in [0.1, 0.15) is 22.8 Å². The molecule has 1 aromatic heterocycles. The molecular formula is C16H17FN2O3. The molecule has 2 aromatic rings. The standard InChI is InChI=1S/C16H17FN2O3/c1-3-22-16(20)13-10-19-15(17)8-14(13)18-9-11-4-6-12(21-2)7-5-11/h4-8,10H,3,9H2,1-2H3,(H,18,19). The molecule has 0 fully saturated rings. The Hall–Kier alpha value is -2.63. The Morgan fingerprint density at radius 3 is 2.68 bits per heavy atom. The monoisotopic (exact) mass is 304 g/mol. The highest BCUT2D eigenvalue weighted by Gasteiger charge is 2.14. The molecule has 6 heteroatoms. The van der Waals surface area contributed by atoms with Gasteiger partial charge in [-0.15, -0.1) is 0 Å². The van der Waals surface area contributed by atoms with E-state index < -0.39 is 11.9 Å². The van der Waals surface area contributed by atoms with Crippen molar-refractivity contribution in [3.8, 4) is 5.75 Å². The second-order valence-corrected chi connectivity index (χ2v) is 4.47. The number of methoxy groups -OCH3 is 1. The third-order valence-electron chi connectivity index (χ3n) is 3.01. The van der Waals surface area contributed by atoms with E-state index in [1.807, 2.05) is 24.3 Å². The smallest absolute Gasteiger partial charge is 0.341 e. The highest BCUT2D eigenvalue weighted by atomic mass is 19.1. The SMILES string of the molecule is CCOC(=O)c1cnc(F)cc1NCc1ccc(OC)cc1. The van der Waals surface area contributed by atoms with Crippen molar-refractivity contribution in [2.45, 2.75) is 13.5 Å². The van der Waals surface area contributed by atoms with E-state index in [1.165, 1.54) is 12.3 Å². The zero-order chi connectivity index (χ0) is 15.9. The van der Waals surface area contributed by atoms with E-state index in [0.29, 0.717) is 12.2 Å². The lowest BCUT2D eigenvalue weighted by Crippen LogP contribution is -2.11. The van der Waals surface area contributed by atoms with Gasteiger partial charge in [-0.05, 0) is 24.6 Å². The molecule has 0 aliphatic carbocycles. The molecule has 0 aliphatic rings. The molecule has 0 spiro atoms. The zero-order valence-corrected chi connectivity index (χ0v) is 12.4. The van der Waals surface area contributed by atoms with Crippen molar-refractivity contribution < 1.29 is 18.7 Å². The Bertz CT molecular complexity index is 644. The number of carbonyl (C=O) groups excluding carboxylic acids is 1. The number of nitrogens with zero attached hydrogens (tertiary/aromatic N) is 1. The van der Waals surface area contributed by atoms with Gasteiger partial charge in [-0.25, -0.2) is 9.78 Å². The van der Waals surface area contributed by atoms with Gasteiger partial charge in [0.25, 0.3) is 0 Å². The minimum Gasteiger partial charge on any atom is -0.497 e. The van der Waals surface area contributed by atoms with Crippen LogP contribution in [0, 0.1) is 5.95 Å². The summed E-state index contributed by atoms with van der Waals surface area (Å²) in [5.74, 6) is -0.441. The summed E-state index contributed by atoms with van der Waals surface area (Å²) in [4.78, 5) is 15.3. The maximum Gasteiger partial charge on any atom is 0.341 e. The molecule has 0 radical (unpaired) electrons. The van der Waals surface area contributed by atoms with E-state index in [9.17, 15) is 9.18 Å². The first-order chi connectivity index (χ1) is 10.6. The molecule has 116 valence electrons. The lowest BCUT2D eigenvalue weighted by Gasteiger charge is -2.11. The molecule has 0 amide bonds. The van der Waals surface area contributed by atoms with Crippen LogP contribution in [-0.4, -0.2) is 24.7 Å². The summed E-state index contributed by atoms with van der Waals surface area (Å²) < 4.78 is 23.3. The van der Waals surface area contributed by atoms with E-state index in [1.54, 1.807) is 14.0 Å². The maximum atomic E-state index is 13.3. The molecule has 1 aromatic carbocycles. The molecule has 0 saturated heterocycles. The number of carbonyl (C=O) groups is 1. The summed E-state index contributed by atoms with van der Waals surface area (Å²) in [5.41, 5.74) is 1.52. The lowest BCUT2D eigenvalue weighted by atomic mass is 10.2. The fourth-order valence-electron chi connectivity index (χ4n) is 1.89. The van der Waals surface area contributed by atoms with E-state index >= 15 is 0 Å². The van der Waals surface area contributed by atoms with E-state index in [-0.39, 0.29) is 12.2 Å². The summed E-state index contributed by atoms with van der Waals surface area (Å²) in [6, 6.07) is 8.60. The summed E-state index contributed by atoms with van der Waals surface area (Å²) in [7, 11) is 1.60. The predicted octanol–water partition coefficient (Wildman–Crippen LogP) is 3.02. The number of ether oxygens (including phenoxy) is 2. The largest absolute Gasteiger partial charge is 0.497 e. The first-order valence-corrected chi connectivity index (χ1v) is 6.83. The number of anilines is 1.